The van der Waals surface area contributed by atoms with E-state index in [0.717, 1.165) is 11.3 Å². The van der Waals surface area contributed by atoms with Gasteiger partial charge in [0.05, 0.1) is 4.47 Å². The van der Waals surface area contributed by atoms with Crippen molar-refractivity contribution in [2.75, 3.05) is 5.32 Å². The van der Waals surface area contributed by atoms with Crippen LogP contribution < -0.4 is 5.32 Å². The van der Waals surface area contributed by atoms with Gasteiger partial charge in [-0.15, -0.1) is 0 Å². The lowest BCUT2D eigenvalue weighted by atomic mass is 10.3. The molecule has 0 spiro atoms. The lowest BCUT2D eigenvalue weighted by molar-refractivity contribution is 0.621. The molecule has 0 aliphatic rings. The zero-order chi connectivity index (χ0) is 13.3. The number of benzene rings is 1. The Labute approximate surface area is 118 Å². The van der Waals surface area contributed by atoms with Crippen molar-refractivity contribution in [3.8, 4) is 0 Å². The number of nitrogens with one attached hydrogen (secondary N) is 1. The lowest BCUT2D eigenvalue weighted by Crippen LogP contribution is -2.01. The molecule has 1 heterocycles. The number of halogens is 3. The first-order valence-corrected chi connectivity index (χ1v) is 6.37. The van der Waals surface area contributed by atoms with Crippen molar-refractivity contribution in [2.24, 2.45) is 0 Å². The molecule has 0 aliphatic carbocycles. The Morgan fingerprint density at radius 3 is 2.67 bits per heavy atom. The van der Waals surface area contributed by atoms with Crippen molar-refractivity contribution in [1.82, 2.24) is 9.97 Å². The van der Waals surface area contributed by atoms with Crippen LogP contribution in [-0.4, -0.2) is 9.97 Å². The second-order valence-corrected chi connectivity index (χ2v) is 5.00. The van der Waals surface area contributed by atoms with E-state index in [1.54, 1.807) is 19.1 Å². The Balaban J connectivity index is 2.36. The molecular weight excluding hydrogens is 321 g/mol. The number of aryl methyl sites for hydroxylation is 1. The minimum absolute atomic E-state index is 0.311. The van der Waals surface area contributed by atoms with Crippen LogP contribution in [0.2, 0.25) is 5.15 Å². The van der Waals surface area contributed by atoms with Gasteiger partial charge in [0.15, 0.2) is 0 Å². The molecule has 94 valence electrons. The first kappa shape index (κ1) is 13.2. The molecule has 0 fully saturated rings. The van der Waals surface area contributed by atoms with Crippen molar-refractivity contribution < 1.29 is 4.39 Å². The highest BCUT2D eigenvalue weighted by Gasteiger charge is 2.08. The molecule has 18 heavy (non-hydrogen) atoms. The summed E-state index contributed by atoms with van der Waals surface area (Å²) in [6, 6.07) is 4.64. The molecule has 1 aromatic carbocycles. The summed E-state index contributed by atoms with van der Waals surface area (Å²) in [7, 11) is 0. The first-order valence-electron chi connectivity index (χ1n) is 5.20. The van der Waals surface area contributed by atoms with Crippen molar-refractivity contribution in [3.63, 3.8) is 0 Å². The summed E-state index contributed by atoms with van der Waals surface area (Å²) in [6.07, 6.45) is 0. The largest absolute Gasteiger partial charge is 0.340 e. The van der Waals surface area contributed by atoms with Crippen LogP contribution in [-0.2, 0) is 0 Å². The average molecular weight is 331 g/mol. The summed E-state index contributed by atoms with van der Waals surface area (Å²) in [5.74, 6) is 0.884. The maximum Gasteiger partial charge on any atom is 0.138 e. The highest BCUT2D eigenvalue weighted by atomic mass is 79.9. The minimum atomic E-state index is -0.311. The maximum atomic E-state index is 13.1. The molecule has 0 amide bonds. The summed E-state index contributed by atoms with van der Waals surface area (Å²) in [6.45, 7) is 3.58. The Hall–Kier alpha value is -1.20. The Kier molecular flexibility index (Phi) is 3.82. The molecule has 0 saturated carbocycles. The van der Waals surface area contributed by atoms with Crippen LogP contribution in [0.15, 0.2) is 22.7 Å². The topological polar surface area (TPSA) is 37.8 Å². The molecule has 0 radical (unpaired) electrons. The predicted molar refractivity (Wildman–Crippen MR) is 73.9 cm³/mol. The van der Waals surface area contributed by atoms with Gasteiger partial charge in [0.1, 0.15) is 22.6 Å². The van der Waals surface area contributed by atoms with Gasteiger partial charge in [-0.05, 0) is 48.0 Å². The number of anilines is 2. The standard InChI is InChI=1S/C12H10BrClFN3/c1-6-11(14)16-7(2)17-12(6)18-8-3-4-10(15)9(13)5-8/h3-5H,1-2H3,(H,16,17,18). The third-order valence-electron chi connectivity index (χ3n) is 2.38. The zero-order valence-electron chi connectivity index (χ0n) is 9.76. The molecule has 1 N–H and O–H groups in total. The smallest absolute Gasteiger partial charge is 0.138 e. The van der Waals surface area contributed by atoms with Gasteiger partial charge in [0.2, 0.25) is 0 Å². The molecule has 0 atom stereocenters. The number of hydrogen-bond donors (Lipinski definition) is 1. The molecule has 0 saturated heterocycles. The summed E-state index contributed by atoms with van der Waals surface area (Å²) in [5.41, 5.74) is 1.48. The van der Waals surface area contributed by atoms with E-state index in [4.69, 9.17) is 11.6 Å². The third kappa shape index (κ3) is 2.79. The molecule has 2 rings (SSSR count). The fraction of sp³-hybridized carbons (Fsp3) is 0.167. The van der Waals surface area contributed by atoms with E-state index in [1.165, 1.54) is 6.07 Å². The fourth-order valence-electron chi connectivity index (χ4n) is 1.43. The number of rotatable bonds is 2. The monoisotopic (exact) mass is 329 g/mol. The van der Waals surface area contributed by atoms with Gasteiger partial charge < -0.3 is 5.32 Å². The van der Waals surface area contributed by atoms with E-state index in [9.17, 15) is 4.39 Å². The second kappa shape index (κ2) is 5.20. The van der Waals surface area contributed by atoms with Crippen LogP contribution in [0.25, 0.3) is 0 Å². The number of aromatic nitrogens is 2. The van der Waals surface area contributed by atoms with E-state index >= 15 is 0 Å². The van der Waals surface area contributed by atoms with Crippen molar-refractivity contribution in [1.29, 1.82) is 0 Å². The fourth-order valence-corrected chi connectivity index (χ4v) is 2.02. The molecule has 0 unspecified atom stereocenters. The van der Waals surface area contributed by atoms with Crippen molar-refractivity contribution in [3.05, 3.63) is 45.0 Å². The van der Waals surface area contributed by atoms with E-state index in [-0.39, 0.29) is 5.82 Å². The van der Waals surface area contributed by atoms with Gasteiger partial charge in [-0.1, -0.05) is 11.6 Å². The summed E-state index contributed by atoms with van der Waals surface area (Å²) < 4.78 is 13.5. The van der Waals surface area contributed by atoms with Crippen LogP contribution >= 0.6 is 27.5 Å². The molecule has 1 aromatic heterocycles. The molecule has 2 aromatic rings. The van der Waals surface area contributed by atoms with Gasteiger partial charge in [-0.25, -0.2) is 14.4 Å². The van der Waals surface area contributed by atoms with E-state index < -0.39 is 0 Å². The van der Waals surface area contributed by atoms with Crippen LogP contribution in [0.5, 0.6) is 0 Å². The third-order valence-corrected chi connectivity index (χ3v) is 3.36. The van der Waals surface area contributed by atoms with Crippen LogP contribution in [0.3, 0.4) is 0 Å². The van der Waals surface area contributed by atoms with Crippen LogP contribution in [0, 0.1) is 19.7 Å². The number of nitrogens with zero attached hydrogens (tertiary/aromatic N) is 2. The quantitative estimate of drug-likeness (QED) is 0.830. The summed E-state index contributed by atoms with van der Waals surface area (Å²) in [5, 5.41) is 3.50. The average Bonchev–Trinajstić information content (AvgIpc) is 2.30. The van der Waals surface area contributed by atoms with Gasteiger partial charge in [-0.2, -0.15) is 0 Å². The highest BCUT2D eigenvalue weighted by molar-refractivity contribution is 9.10. The summed E-state index contributed by atoms with van der Waals surface area (Å²) in [4.78, 5) is 8.32. The van der Waals surface area contributed by atoms with E-state index in [0.29, 0.717) is 21.3 Å². The van der Waals surface area contributed by atoms with E-state index in [2.05, 4.69) is 31.2 Å². The molecule has 6 heteroatoms. The zero-order valence-corrected chi connectivity index (χ0v) is 12.1. The predicted octanol–water partition coefficient (Wildman–Crippen LogP) is 4.39. The Morgan fingerprint density at radius 1 is 1.28 bits per heavy atom. The van der Waals surface area contributed by atoms with Gasteiger partial charge in [0.25, 0.3) is 0 Å². The Morgan fingerprint density at radius 2 is 2.00 bits per heavy atom. The molecule has 3 nitrogen and oxygen atoms in total. The van der Waals surface area contributed by atoms with Crippen LogP contribution in [0.1, 0.15) is 11.4 Å². The molecule has 0 aliphatic heterocycles. The van der Waals surface area contributed by atoms with Crippen molar-refractivity contribution >= 4 is 39.0 Å². The Bertz CT molecular complexity index is 604. The van der Waals surface area contributed by atoms with E-state index in [1.807, 2.05) is 6.92 Å². The van der Waals surface area contributed by atoms with Gasteiger partial charge in [-0.3, -0.25) is 0 Å². The van der Waals surface area contributed by atoms with Crippen LogP contribution in [0.4, 0.5) is 15.9 Å². The van der Waals surface area contributed by atoms with Crippen molar-refractivity contribution in [2.45, 2.75) is 13.8 Å². The maximum absolute atomic E-state index is 13.1. The molecule has 0 bridgehead atoms. The second-order valence-electron chi connectivity index (χ2n) is 3.79. The lowest BCUT2D eigenvalue weighted by Gasteiger charge is -2.10. The first-order chi connectivity index (χ1) is 8.47. The normalized spacial score (nSPS) is 10.5. The summed E-state index contributed by atoms with van der Waals surface area (Å²) >= 11 is 9.11. The van der Waals surface area contributed by atoms with Gasteiger partial charge >= 0.3 is 0 Å². The highest BCUT2D eigenvalue weighted by Crippen LogP contribution is 2.26. The molecular formula is C12H10BrClFN3. The SMILES string of the molecule is Cc1nc(Cl)c(C)c(Nc2ccc(F)c(Br)c2)n1. The van der Waals surface area contributed by atoms with Gasteiger partial charge in [0, 0.05) is 11.3 Å². The number of hydrogen-bond acceptors (Lipinski definition) is 3. The minimum Gasteiger partial charge on any atom is -0.340 e.